The number of carbonyl (C=O) groups is 2. The molecule has 1 aromatic carbocycles. The number of nitrogens with zero attached hydrogens (tertiary/aromatic N) is 2. The Bertz CT molecular complexity index is 935. The van der Waals surface area contributed by atoms with Crippen LogP contribution in [0, 0.1) is 10.1 Å². The van der Waals surface area contributed by atoms with E-state index < -0.39 is 40.4 Å². The van der Waals surface area contributed by atoms with Gasteiger partial charge in [0.25, 0.3) is 5.69 Å². The summed E-state index contributed by atoms with van der Waals surface area (Å²) in [7, 11) is 2.09. The molecule has 0 aliphatic carbocycles. The number of hydrogen-bond acceptors (Lipinski definition) is 8. The highest BCUT2D eigenvalue weighted by molar-refractivity contribution is 6.05. The third kappa shape index (κ3) is 4.91. The van der Waals surface area contributed by atoms with Gasteiger partial charge in [-0.3, -0.25) is 10.1 Å². The van der Waals surface area contributed by atoms with Gasteiger partial charge in [0.1, 0.15) is 17.1 Å². The molecule has 1 aliphatic rings. The second-order valence-corrected chi connectivity index (χ2v) is 5.27. The number of alkyl halides is 3. The van der Waals surface area contributed by atoms with E-state index in [0.29, 0.717) is 6.07 Å². The molecule has 1 aliphatic heterocycles. The van der Waals surface area contributed by atoms with Gasteiger partial charge in [0.15, 0.2) is 0 Å². The summed E-state index contributed by atoms with van der Waals surface area (Å²) in [5.41, 5.74) is -1.85. The van der Waals surface area contributed by atoms with E-state index in [0.717, 1.165) is 31.3 Å². The van der Waals surface area contributed by atoms with Crippen molar-refractivity contribution in [3.63, 3.8) is 0 Å². The topological polar surface area (TPSA) is 108 Å². The van der Waals surface area contributed by atoms with E-state index in [2.05, 4.69) is 14.2 Å². The number of esters is 2. The maximum absolute atomic E-state index is 12.4. The molecule has 0 aromatic heterocycles. The number of nitro groups is 1. The molecule has 1 aromatic rings. The lowest BCUT2D eigenvalue weighted by Crippen LogP contribution is -2.27. The normalized spacial score (nSPS) is 13.8. The quantitative estimate of drug-likeness (QED) is 0.411. The molecule has 0 radical (unpaired) electrons. The number of hydrogen-bond donors (Lipinski definition) is 0. The van der Waals surface area contributed by atoms with Crippen molar-refractivity contribution in [2.45, 2.75) is 6.36 Å². The van der Waals surface area contributed by atoms with E-state index in [4.69, 9.17) is 0 Å². The van der Waals surface area contributed by atoms with Gasteiger partial charge in [0, 0.05) is 6.20 Å². The fourth-order valence-corrected chi connectivity index (χ4v) is 2.40. The summed E-state index contributed by atoms with van der Waals surface area (Å²) < 4.78 is 50.3. The van der Waals surface area contributed by atoms with E-state index in [1.54, 1.807) is 0 Å². The molecule has 0 spiro atoms. The van der Waals surface area contributed by atoms with Crippen LogP contribution in [0.2, 0.25) is 0 Å². The zero-order valence-corrected chi connectivity index (χ0v) is 14.9. The number of allylic oxidation sites excluding steroid dienone is 2. The Labute approximate surface area is 161 Å². The summed E-state index contributed by atoms with van der Waals surface area (Å²) in [6.45, 7) is 0. The van der Waals surface area contributed by atoms with Crippen LogP contribution in [0.4, 0.5) is 24.5 Å². The molecule has 0 atom stereocenters. The Morgan fingerprint density at radius 1 is 1.10 bits per heavy atom. The van der Waals surface area contributed by atoms with Crippen LogP contribution in [-0.2, 0) is 19.1 Å². The van der Waals surface area contributed by atoms with Crippen molar-refractivity contribution in [3.8, 4) is 5.75 Å². The van der Waals surface area contributed by atoms with E-state index in [9.17, 15) is 32.9 Å². The summed E-state index contributed by atoms with van der Waals surface area (Å²) in [6, 6.07) is 2.31. The molecule has 12 heteroatoms. The molecule has 0 saturated heterocycles. The highest BCUT2D eigenvalue weighted by atomic mass is 19.4. The number of anilines is 1. The van der Waals surface area contributed by atoms with Gasteiger partial charge in [0.2, 0.25) is 0 Å². The average Bonchev–Trinajstić information content (AvgIpc) is 2.88. The van der Waals surface area contributed by atoms with Gasteiger partial charge in [-0.1, -0.05) is 6.08 Å². The first-order valence-corrected chi connectivity index (χ1v) is 7.68. The summed E-state index contributed by atoms with van der Waals surface area (Å²) in [5.74, 6) is -2.80. The largest absolute Gasteiger partial charge is 0.573 e. The number of nitro benzene ring substituents is 1. The van der Waals surface area contributed by atoms with Gasteiger partial charge in [-0.2, -0.15) is 0 Å². The van der Waals surface area contributed by atoms with Crippen molar-refractivity contribution in [1.29, 1.82) is 0 Å². The molecule has 154 valence electrons. The van der Waals surface area contributed by atoms with Crippen LogP contribution in [0.15, 0.2) is 53.9 Å². The second kappa shape index (κ2) is 8.46. The Kier molecular flexibility index (Phi) is 6.26. The number of methoxy groups -OCH3 is 2. The Hall–Kier alpha value is -3.83. The van der Waals surface area contributed by atoms with Gasteiger partial charge in [-0.25, -0.2) is 9.59 Å². The lowest BCUT2D eigenvalue weighted by atomic mass is 10.1. The highest BCUT2D eigenvalue weighted by Gasteiger charge is 2.34. The molecule has 1 heterocycles. The third-order valence-corrected chi connectivity index (χ3v) is 3.53. The van der Waals surface area contributed by atoms with Crippen molar-refractivity contribution >= 4 is 23.3 Å². The predicted octanol–water partition coefficient (Wildman–Crippen LogP) is 2.98. The fraction of sp³-hybridized carbons (Fsp3) is 0.176. The maximum Gasteiger partial charge on any atom is 0.573 e. The van der Waals surface area contributed by atoms with Crippen LogP contribution in [0.5, 0.6) is 5.75 Å². The van der Waals surface area contributed by atoms with Crippen LogP contribution < -0.4 is 9.64 Å². The summed E-state index contributed by atoms with van der Waals surface area (Å²) in [4.78, 5) is 35.9. The SMILES string of the molecule is COC(=O)C1=C(C(=O)OC)N(c2ccc(OC(F)(F)F)cc2[N+](=O)[O-])C=CC=C1. The van der Waals surface area contributed by atoms with Crippen molar-refractivity contribution in [2.75, 3.05) is 19.1 Å². The van der Waals surface area contributed by atoms with Gasteiger partial charge in [0.05, 0.1) is 30.8 Å². The second-order valence-electron chi connectivity index (χ2n) is 5.27. The maximum atomic E-state index is 12.4. The van der Waals surface area contributed by atoms with E-state index in [1.165, 1.54) is 24.4 Å². The number of ether oxygens (including phenoxy) is 3. The van der Waals surface area contributed by atoms with Crippen LogP contribution in [-0.4, -0.2) is 37.4 Å². The Morgan fingerprint density at radius 3 is 2.31 bits per heavy atom. The highest BCUT2D eigenvalue weighted by Crippen LogP contribution is 2.37. The molecule has 0 fully saturated rings. The first-order valence-electron chi connectivity index (χ1n) is 7.68. The zero-order chi connectivity index (χ0) is 21.8. The molecule has 0 saturated carbocycles. The molecule has 2 rings (SSSR count). The molecule has 0 unspecified atom stereocenters. The first kappa shape index (κ1) is 21.5. The van der Waals surface area contributed by atoms with E-state index in [-0.39, 0.29) is 11.3 Å². The first-order chi connectivity index (χ1) is 13.6. The average molecular weight is 414 g/mol. The van der Waals surface area contributed by atoms with Gasteiger partial charge in [-0.05, 0) is 24.3 Å². The molecule has 0 amide bonds. The van der Waals surface area contributed by atoms with Crippen molar-refractivity contribution in [3.05, 3.63) is 64.0 Å². The minimum Gasteiger partial charge on any atom is -0.465 e. The molecule has 29 heavy (non-hydrogen) atoms. The van der Waals surface area contributed by atoms with Crippen molar-refractivity contribution in [2.24, 2.45) is 0 Å². The van der Waals surface area contributed by atoms with Gasteiger partial charge < -0.3 is 19.1 Å². The third-order valence-electron chi connectivity index (χ3n) is 3.53. The van der Waals surface area contributed by atoms with Crippen LogP contribution >= 0.6 is 0 Å². The molecular weight excluding hydrogens is 401 g/mol. The molecular formula is C17H13F3N2O7. The van der Waals surface area contributed by atoms with Crippen LogP contribution in [0.25, 0.3) is 0 Å². The van der Waals surface area contributed by atoms with Gasteiger partial charge in [-0.15, -0.1) is 13.2 Å². The summed E-state index contributed by atoms with van der Waals surface area (Å²) >= 11 is 0. The van der Waals surface area contributed by atoms with Crippen LogP contribution in [0.1, 0.15) is 0 Å². The lowest BCUT2D eigenvalue weighted by molar-refractivity contribution is -0.384. The number of rotatable bonds is 5. The van der Waals surface area contributed by atoms with Crippen molar-refractivity contribution < 1.29 is 41.9 Å². The summed E-state index contributed by atoms with van der Waals surface area (Å²) in [6.07, 6.45) is 0.0781. The predicted molar refractivity (Wildman–Crippen MR) is 91.6 cm³/mol. The monoisotopic (exact) mass is 414 g/mol. The minimum atomic E-state index is -5.06. The molecule has 0 bridgehead atoms. The Morgan fingerprint density at radius 2 is 1.76 bits per heavy atom. The lowest BCUT2D eigenvalue weighted by Gasteiger charge is -2.23. The number of halogens is 3. The van der Waals surface area contributed by atoms with E-state index in [1.807, 2.05) is 0 Å². The molecule has 0 N–H and O–H groups in total. The van der Waals surface area contributed by atoms with Crippen molar-refractivity contribution in [1.82, 2.24) is 0 Å². The van der Waals surface area contributed by atoms with Gasteiger partial charge >= 0.3 is 18.3 Å². The fourth-order valence-electron chi connectivity index (χ4n) is 2.40. The smallest absolute Gasteiger partial charge is 0.465 e. The summed E-state index contributed by atoms with van der Waals surface area (Å²) in [5, 5.41) is 11.5. The molecule has 9 nitrogen and oxygen atoms in total. The minimum absolute atomic E-state index is 0.283. The number of benzene rings is 1. The Balaban J connectivity index is 2.70. The van der Waals surface area contributed by atoms with E-state index >= 15 is 0 Å². The number of carbonyl (C=O) groups excluding carboxylic acids is 2. The van der Waals surface area contributed by atoms with Crippen LogP contribution in [0.3, 0.4) is 0 Å². The zero-order valence-electron chi connectivity index (χ0n) is 14.9. The standard InChI is InChI=1S/C17H13F3N2O7/c1-27-15(23)11-5-3-4-8-21(14(11)16(24)28-2)12-7-6-10(29-17(18,19)20)9-13(12)22(25)26/h3-9H,1-2H3.